The first kappa shape index (κ1) is 12.7. The maximum atomic E-state index is 5.72. The Balaban J connectivity index is 2.03. The van der Waals surface area contributed by atoms with Crippen LogP contribution in [0.3, 0.4) is 0 Å². The molecule has 0 N–H and O–H groups in total. The van der Waals surface area contributed by atoms with Crippen molar-refractivity contribution in [3.8, 4) is 5.75 Å². The molecule has 0 aliphatic heterocycles. The number of ether oxygens (including phenoxy) is 1. The lowest BCUT2D eigenvalue weighted by Crippen LogP contribution is -1.86. The maximum Gasteiger partial charge on any atom is 0.134 e. The van der Waals surface area contributed by atoms with E-state index in [1.807, 2.05) is 30.5 Å². The zero-order chi connectivity index (χ0) is 12.8. The van der Waals surface area contributed by atoms with Crippen LogP contribution in [0, 0.1) is 5.92 Å². The fraction of sp³-hybridized carbons (Fsp3) is 0.294. The van der Waals surface area contributed by atoms with Gasteiger partial charge in [-0.15, -0.1) is 0 Å². The second-order valence-corrected chi connectivity index (χ2v) is 4.94. The third-order valence-corrected chi connectivity index (χ3v) is 2.95. The van der Waals surface area contributed by atoms with Crippen LogP contribution >= 0.6 is 0 Å². The predicted octanol–water partition coefficient (Wildman–Crippen LogP) is 5.17. The molecule has 0 aromatic heterocycles. The van der Waals surface area contributed by atoms with Crippen molar-refractivity contribution in [2.24, 2.45) is 5.92 Å². The third-order valence-electron chi connectivity index (χ3n) is 2.95. The monoisotopic (exact) mass is 240 g/mol. The predicted molar refractivity (Wildman–Crippen MR) is 77.8 cm³/mol. The zero-order valence-electron chi connectivity index (χ0n) is 11.1. The van der Waals surface area contributed by atoms with Gasteiger partial charge in [0.15, 0.2) is 0 Å². The third kappa shape index (κ3) is 3.36. The number of rotatable bonds is 5. The molecule has 0 heterocycles. The van der Waals surface area contributed by atoms with Gasteiger partial charge < -0.3 is 4.74 Å². The lowest BCUT2D eigenvalue weighted by Gasteiger charge is -2.05. The molecule has 0 amide bonds. The van der Waals surface area contributed by atoms with Crippen LogP contribution < -0.4 is 4.74 Å². The van der Waals surface area contributed by atoms with E-state index >= 15 is 0 Å². The molecule has 94 valence electrons. The van der Waals surface area contributed by atoms with Crippen molar-refractivity contribution in [2.45, 2.75) is 26.7 Å². The van der Waals surface area contributed by atoms with Gasteiger partial charge in [-0.25, -0.2) is 0 Å². The van der Waals surface area contributed by atoms with Crippen LogP contribution in [0.15, 0.2) is 54.8 Å². The molecule has 2 rings (SSSR count). The van der Waals surface area contributed by atoms with Crippen LogP contribution in [-0.4, -0.2) is 0 Å². The number of allylic oxidation sites excluding steroid dienone is 1. The first-order valence-electron chi connectivity index (χ1n) is 6.57. The summed E-state index contributed by atoms with van der Waals surface area (Å²) >= 11 is 0. The fourth-order valence-electron chi connectivity index (χ4n) is 1.92. The second-order valence-electron chi connectivity index (χ2n) is 4.94. The van der Waals surface area contributed by atoms with E-state index < -0.39 is 0 Å². The Bertz CT molecular complexity index is 521. The van der Waals surface area contributed by atoms with E-state index in [0.717, 1.165) is 23.5 Å². The number of hydrogen-bond acceptors (Lipinski definition) is 1. The molecule has 0 bridgehead atoms. The summed E-state index contributed by atoms with van der Waals surface area (Å²) in [4.78, 5) is 0. The molecule has 2 aromatic rings. The van der Waals surface area contributed by atoms with Gasteiger partial charge in [0.05, 0.1) is 6.26 Å². The minimum atomic E-state index is 0.743. The summed E-state index contributed by atoms with van der Waals surface area (Å²) in [5, 5.41) is 2.37. The summed E-state index contributed by atoms with van der Waals surface area (Å²) in [5.74, 6) is 1.67. The zero-order valence-corrected chi connectivity index (χ0v) is 11.1. The molecule has 1 nitrogen and oxygen atoms in total. The van der Waals surface area contributed by atoms with Gasteiger partial charge in [0, 0.05) is 5.39 Å². The van der Waals surface area contributed by atoms with Gasteiger partial charge in [0.1, 0.15) is 5.75 Å². The van der Waals surface area contributed by atoms with Gasteiger partial charge in [-0.1, -0.05) is 50.2 Å². The Hall–Kier alpha value is -1.76. The van der Waals surface area contributed by atoms with Crippen molar-refractivity contribution in [1.82, 2.24) is 0 Å². The van der Waals surface area contributed by atoms with Crippen LogP contribution in [0.4, 0.5) is 0 Å². The SMILES string of the molecule is CC(C)CCC=COc1cccc2ccccc12. The summed E-state index contributed by atoms with van der Waals surface area (Å²) in [5.41, 5.74) is 0. The molecule has 0 saturated heterocycles. The smallest absolute Gasteiger partial charge is 0.134 e. The molecule has 0 spiro atoms. The van der Waals surface area contributed by atoms with Gasteiger partial charge in [0.2, 0.25) is 0 Å². The van der Waals surface area contributed by atoms with Crippen molar-refractivity contribution in [1.29, 1.82) is 0 Å². The molecular weight excluding hydrogens is 220 g/mol. The van der Waals surface area contributed by atoms with Crippen molar-refractivity contribution < 1.29 is 4.74 Å². The van der Waals surface area contributed by atoms with E-state index in [9.17, 15) is 0 Å². The number of fused-ring (bicyclic) bond motifs is 1. The van der Waals surface area contributed by atoms with Gasteiger partial charge in [0.25, 0.3) is 0 Å². The van der Waals surface area contributed by atoms with E-state index in [4.69, 9.17) is 4.74 Å². The Labute approximate surface area is 109 Å². The lowest BCUT2D eigenvalue weighted by atomic mass is 10.1. The highest BCUT2D eigenvalue weighted by Crippen LogP contribution is 2.25. The van der Waals surface area contributed by atoms with Crippen LogP contribution in [-0.2, 0) is 0 Å². The molecule has 0 aliphatic rings. The van der Waals surface area contributed by atoms with E-state index in [1.165, 1.54) is 11.8 Å². The highest BCUT2D eigenvalue weighted by Gasteiger charge is 1.98. The van der Waals surface area contributed by atoms with Crippen molar-refractivity contribution in [2.75, 3.05) is 0 Å². The highest BCUT2D eigenvalue weighted by atomic mass is 16.5. The maximum absolute atomic E-state index is 5.72. The Kier molecular flexibility index (Phi) is 4.40. The summed E-state index contributed by atoms with van der Waals surface area (Å²) in [6.07, 6.45) is 6.18. The standard InChI is InChI=1S/C17H20O/c1-14(2)8-5-6-13-18-17-12-7-10-15-9-3-4-11-16(15)17/h3-4,6-7,9-14H,5,8H2,1-2H3. The number of hydrogen-bond donors (Lipinski definition) is 0. The van der Waals surface area contributed by atoms with E-state index in [1.54, 1.807) is 0 Å². The molecule has 0 unspecified atom stereocenters. The molecule has 18 heavy (non-hydrogen) atoms. The van der Waals surface area contributed by atoms with Gasteiger partial charge in [-0.2, -0.15) is 0 Å². The van der Waals surface area contributed by atoms with E-state index in [2.05, 4.69) is 38.1 Å². The lowest BCUT2D eigenvalue weighted by molar-refractivity contribution is 0.481. The van der Waals surface area contributed by atoms with Crippen LogP contribution in [0.2, 0.25) is 0 Å². The molecule has 0 fully saturated rings. The molecule has 1 heteroatoms. The largest absolute Gasteiger partial charge is 0.465 e. The normalized spacial score (nSPS) is 11.5. The highest BCUT2D eigenvalue weighted by molar-refractivity contribution is 5.88. The summed E-state index contributed by atoms with van der Waals surface area (Å²) < 4.78 is 5.72. The fourth-order valence-corrected chi connectivity index (χ4v) is 1.92. The Morgan fingerprint density at radius 1 is 1.06 bits per heavy atom. The molecular formula is C17H20O. The average Bonchev–Trinajstić information content (AvgIpc) is 2.38. The van der Waals surface area contributed by atoms with Gasteiger partial charge >= 0.3 is 0 Å². The average molecular weight is 240 g/mol. The Morgan fingerprint density at radius 2 is 1.83 bits per heavy atom. The van der Waals surface area contributed by atoms with Gasteiger partial charge in [-0.05, 0) is 36.3 Å². The minimum absolute atomic E-state index is 0.743. The molecule has 0 atom stereocenters. The van der Waals surface area contributed by atoms with Crippen molar-refractivity contribution >= 4 is 10.8 Å². The molecule has 0 radical (unpaired) electrons. The molecule has 0 aliphatic carbocycles. The van der Waals surface area contributed by atoms with Crippen molar-refractivity contribution in [3.05, 3.63) is 54.8 Å². The first-order valence-corrected chi connectivity index (χ1v) is 6.57. The summed E-state index contributed by atoms with van der Waals surface area (Å²) in [6, 6.07) is 14.4. The molecule has 0 saturated carbocycles. The first-order chi connectivity index (χ1) is 8.77. The quantitative estimate of drug-likeness (QED) is 0.655. The molecule has 2 aromatic carbocycles. The Morgan fingerprint density at radius 3 is 2.67 bits per heavy atom. The minimum Gasteiger partial charge on any atom is -0.465 e. The number of benzene rings is 2. The van der Waals surface area contributed by atoms with Crippen LogP contribution in [0.1, 0.15) is 26.7 Å². The topological polar surface area (TPSA) is 9.23 Å². The van der Waals surface area contributed by atoms with Crippen molar-refractivity contribution in [3.63, 3.8) is 0 Å². The summed E-state index contributed by atoms with van der Waals surface area (Å²) in [7, 11) is 0. The van der Waals surface area contributed by atoms with Crippen LogP contribution in [0.5, 0.6) is 5.75 Å². The van der Waals surface area contributed by atoms with E-state index in [0.29, 0.717) is 0 Å². The van der Waals surface area contributed by atoms with Crippen LogP contribution in [0.25, 0.3) is 10.8 Å². The second kappa shape index (κ2) is 6.25. The van der Waals surface area contributed by atoms with Gasteiger partial charge in [-0.3, -0.25) is 0 Å². The summed E-state index contributed by atoms with van der Waals surface area (Å²) in [6.45, 7) is 4.47. The van der Waals surface area contributed by atoms with E-state index in [-0.39, 0.29) is 0 Å².